The summed E-state index contributed by atoms with van der Waals surface area (Å²) in [6.07, 6.45) is 4.00. The Morgan fingerprint density at radius 1 is 1.05 bits per heavy atom. The van der Waals surface area contributed by atoms with Gasteiger partial charge >= 0.3 is 0 Å². The number of nitrogens with one attached hydrogen (secondary N) is 2. The molecule has 0 spiro atoms. The van der Waals surface area contributed by atoms with E-state index in [-0.39, 0.29) is 11.9 Å². The highest BCUT2D eigenvalue weighted by molar-refractivity contribution is 5.87. The molecule has 10 heteroatoms. The van der Waals surface area contributed by atoms with Crippen LogP contribution in [-0.2, 0) is 16.1 Å². The van der Waals surface area contributed by atoms with Crippen molar-refractivity contribution in [1.29, 1.82) is 0 Å². The van der Waals surface area contributed by atoms with Crippen LogP contribution in [0.15, 0.2) is 73.6 Å². The number of amides is 1. The molecule has 6 rings (SSSR count). The molecule has 2 aromatic carbocycles. The van der Waals surface area contributed by atoms with Crippen LogP contribution in [-0.4, -0.2) is 69.7 Å². The third-order valence-electron chi connectivity index (χ3n) is 7.27. The Balaban J connectivity index is 1.29. The van der Waals surface area contributed by atoms with Crippen molar-refractivity contribution in [2.45, 2.75) is 19.0 Å². The van der Waals surface area contributed by atoms with Crippen molar-refractivity contribution >= 4 is 40.2 Å². The van der Waals surface area contributed by atoms with Crippen LogP contribution in [0.25, 0.3) is 11.2 Å². The summed E-state index contributed by atoms with van der Waals surface area (Å²) in [6, 6.07) is 18.6. The Hall–Kier alpha value is -4.44. The van der Waals surface area contributed by atoms with Gasteiger partial charge in [-0.1, -0.05) is 36.9 Å². The van der Waals surface area contributed by atoms with Gasteiger partial charge in [-0.25, -0.2) is 4.98 Å². The van der Waals surface area contributed by atoms with Crippen LogP contribution in [0.5, 0.6) is 0 Å². The van der Waals surface area contributed by atoms with E-state index in [1.165, 1.54) is 11.8 Å². The summed E-state index contributed by atoms with van der Waals surface area (Å²) < 4.78 is 7.54. The quantitative estimate of drug-likeness (QED) is 0.334. The number of fused-ring (bicyclic) bond motifs is 1. The van der Waals surface area contributed by atoms with Gasteiger partial charge in [0.15, 0.2) is 17.0 Å². The van der Waals surface area contributed by atoms with E-state index in [1.54, 1.807) is 6.33 Å². The minimum atomic E-state index is -0.0513. The molecule has 2 N–H and O–H groups in total. The minimum Gasteiger partial charge on any atom is -0.378 e. The number of ether oxygens (including phenoxy) is 1. The van der Waals surface area contributed by atoms with Crippen molar-refractivity contribution in [3.63, 3.8) is 0 Å². The van der Waals surface area contributed by atoms with Crippen LogP contribution in [0, 0.1) is 0 Å². The maximum Gasteiger partial charge on any atom is 0.246 e. The minimum absolute atomic E-state index is 0.0513. The zero-order valence-corrected chi connectivity index (χ0v) is 21.8. The summed E-state index contributed by atoms with van der Waals surface area (Å²) in [5, 5.41) is 6.84. The molecule has 0 bridgehead atoms. The van der Waals surface area contributed by atoms with Gasteiger partial charge in [-0.3, -0.25) is 4.79 Å². The first kappa shape index (κ1) is 24.9. The van der Waals surface area contributed by atoms with E-state index >= 15 is 0 Å². The highest BCUT2D eigenvalue weighted by atomic mass is 16.5. The van der Waals surface area contributed by atoms with Gasteiger partial charge in [0.2, 0.25) is 11.9 Å². The lowest BCUT2D eigenvalue weighted by Gasteiger charge is -2.28. The number of hydrogen-bond acceptors (Lipinski definition) is 8. The van der Waals surface area contributed by atoms with Crippen molar-refractivity contribution in [3.8, 4) is 0 Å². The number of morpholine rings is 1. The molecule has 0 aliphatic carbocycles. The molecule has 2 aliphatic rings. The zero-order valence-electron chi connectivity index (χ0n) is 21.8. The van der Waals surface area contributed by atoms with E-state index < -0.39 is 0 Å². The SMILES string of the molecule is C=CC(=O)N1CC[C@H](n2cnc3c(NCc4ccccc4)nc(Nc4ccc(N5CCOCC5)cc4)nc32)C1. The molecule has 2 aromatic heterocycles. The van der Waals surface area contributed by atoms with Crippen molar-refractivity contribution in [1.82, 2.24) is 24.4 Å². The Bertz CT molecular complexity index is 1450. The Kier molecular flexibility index (Phi) is 7.09. The number of rotatable bonds is 8. The predicted molar refractivity (Wildman–Crippen MR) is 152 cm³/mol. The van der Waals surface area contributed by atoms with Gasteiger partial charge in [-0.2, -0.15) is 9.97 Å². The monoisotopic (exact) mass is 524 g/mol. The molecule has 1 amide bonds. The molecular weight excluding hydrogens is 492 g/mol. The zero-order chi connectivity index (χ0) is 26.6. The molecular formula is C29H32N8O2. The fourth-order valence-corrected chi connectivity index (χ4v) is 5.15. The predicted octanol–water partition coefficient (Wildman–Crippen LogP) is 3.98. The molecule has 2 aliphatic heterocycles. The molecule has 0 unspecified atom stereocenters. The average molecular weight is 525 g/mol. The number of likely N-dealkylation sites (tertiary alicyclic amines) is 1. The highest BCUT2D eigenvalue weighted by Crippen LogP contribution is 2.30. The molecule has 0 saturated carbocycles. The van der Waals surface area contributed by atoms with E-state index in [0.29, 0.717) is 36.9 Å². The second kappa shape index (κ2) is 11.1. The summed E-state index contributed by atoms with van der Waals surface area (Å²) in [4.78, 5) is 30.7. The second-order valence-electron chi connectivity index (χ2n) is 9.76. The van der Waals surface area contributed by atoms with Gasteiger partial charge in [-0.15, -0.1) is 0 Å². The van der Waals surface area contributed by atoms with Gasteiger partial charge in [0.1, 0.15) is 0 Å². The fourth-order valence-electron chi connectivity index (χ4n) is 5.15. The number of aromatic nitrogens is 4. The molecule has 0 radical (unpaired) electrons. The molecule has 200 valence electrons. The number of imidazole rings is 1. The van der Waals surface area contributed by atoms with Crippen LogP contribution < -0.4 is 15.5 Å². The standard InChI is InChI=1S/C29H32N8O2/c1-2-25(38)36-13-12-24(19-36)37-20-31-26-27(30-18-21-6-4-3-5-7-21)33-29(34-28(26)37)32-22-8-10-23(11-9-22)35-14-16-39-17-15-35/h2-11,20,24H,1,12-19H2,(H2,30,32,33,34)/t24-/m0/s1. The van der Waals surface area contributed by atoms with Gasteiger partial charge in [-0.05, 0) is 42.3 Å². The number of hydrogen-bond donors (Lipinski definition) is 2. The summed E-state index contributed by atoms with van der Waals surface area (Å²) in [5.74, 6) is 1.09. The number of carbonyl (C=O) groups excluding carboxylic acids is 1. The Labute approximate surface area is 227 Å². The topological polar surface area (TPSA) is 100 Å². The van der Waals surface area contributed by atoms with Gasteiger partial charge in [0.05, 0.1) is 25.6 Å². The van der Waals surface area contributed by atoms with Crippen LogP contribution in [0.4, 0.5) is 23.1 Å². The molecule has 2 fully saturated rings. The van der Waals surface area contributed by atoms with E-state index in [2.05, 4.69) is 55.9 Å². The van der Waals surface area contributed by atoms with Crippen molar-refractivity contribution in [3.05, 3.63) is 79.1 Å². The lowest BCUT2D eigenvalue weighted by atomic mass is 10.2. The summed E-state index contributed by atoms with van der Waals surface area (Å²) in [6.45, 7) is 8.80. The van der Waals surface area contributed by atoms with Crippen LogP contribution >= 0.6 is 0 Å². The highest BCUT2D eigenvalue weighted by Gasteiger charge is 2.28. The first-order valence-corrected chi connectivity index (χ1v) is 13.3. The van der Waals surface area contributed by atoms with Gasteiger partial charge in [0, 0.05) is 44.1 Å². The van der Waals surface area contributed by atoms with Crippen molar-refractivity contribution in [2.24, 2.45) is 0 Å². The first-order valence-electron chi connectivity index (χ1n) is 13.3. The largest absolute Gasteiger partial charge is 0.378 e. The number of anilines is 4. The lowest BCUT2D eigenvalue weighted by molar-refractivity contribution is -0.125. The van der Waals surface area contributed by atoms with E-state index in [0.717, 1.165) is 49.6 Å². The molecule has 1 atom stereocenters. The Morgan fingerprint density at radius 2 is 1.85 bits per heavy atom. The lowest BCUT2D eigenvalue weighted by Crippen LogP contribution is -2.36. The van der Waals surface area contributed by atoms with Crippen molar-refractivity contribution in [2.75, 3.05) is 54.9 Å². The van der Waals surface area contributed by atoms with Crippen LogP contribution in [0.3, 0.4) is 0 Å². The number of carbonyl (C=O) groups is 1. The first-order chi connectivity index (χ1) is 19.2. The maximum absolute atomic E-state index is 12.2. The third-order valence-corrected chi connectivity index (χ3v) is 7.27. The van der Waals surface area contributed by atoms with E-state index in [1.807, 2.05) is 35.2 Å². The van der Waals surface area contributed by atoms with Crippen LogP contribution in [0.2, 0.25) is 0 Å². The summed E-state index contributed by atoms with van der Waals surface area (Å²) in [5.41, 5.74) is 4.64. The molecule has 39 heavy (non-hydrogen) atoms. The van der Waals surface area contributed by atoms with Crippen LogP contribution in [0.1, 0.15) is 18.0 Å². The fraction of sp³-hybridized carbons (Fsp3) is 0.310. The van der Waals surface area contributed by atoms with Crippen molar-refractivity contribution < 1.29 is 9.53 Å². The number of benzene rings is 2. The van der Waals surface area contributed by atoms with Gasteiger partial charge < -0.3 is 29.7 Å². The smallest absolute Gasteiger partial charge is 0.246 e. The average Bonchev–Trinajstić information content (AvgIpc) is 3.65. The maximum atomic E-state index is 12.2. The third kappa shape index (κ3) is 5.42. The van der Waals surface area contributed by atoms with E-state index in [4.69, 9.17) is 14.7 Å². The van der Waals surface area contributed by atoms with E-state index in [9.17, 15) is 4.79 Å². The molecule has 10 nitrogen and oxygen atoms in total. The van der Waals surface area contributed by atoms with Gasteiger partial charge in [0.25, 0.3) is 0 Å². The normalized spacial score (nSPS) is 17.4. The summed E-state index contributed by atoms with van der Waals surface area (Å²) >= 11 is 0. The second-order valence-corrected chi connectivity index (χ2v) is 9.76. The molecule has 2 saturated heterocycles. The number of nitrogens with zero attached hydrogens (tertiary/aromatic N) is 6. The summed E-state index contributed by atoms with van der Waals surface area (Å²) in [7, 11) is 0. The molecule has 4 aromatic rings. The Morgan fingerprint density at radius 3 is 2.62 bits per heavy atom. The molecule has 4 heterocycles.